The Bertz CT molecular complexity index is 583. The summed E-state index contributed by atoms with van der Waals surface area (Å²) in [5.74, 6) is 0. The van der Waals surface area contributed by atoms with E-state index in [-0.39, 0.29) is 18.1 Å². The summed E-state index contributed by atoms with van der Waals surface area (Å²) < 4.78 is 27.6. The second-order valence-corrected chi connectivity index (χ2v) is 8.19. The summed E-state index contributed by atoms with van der Waals surface area (Å²) in [6.07, 6.45) is 5.55. The molecule has 21 heavy (non-hydrogen) atoms. The van der Waals surface area contributed by atoms with Crippen molar-refractivity contribution in [2.45, 2.75) is 68.5 Å². The molecule has 1 aromatic carbocycles. The zero-order chi connectivity index (χ0) is 15.0. The second-order valence-electron chi connectivity index (χ2n) is 6.35. The van der Waals surface area contributed by atoms with Crippen LogP contribution in [0.3, 0.4) is 0 Å². The average Bonchev–Trinajstić information content (AvgIpc) is 2.73. The lowest BCUT2D eigenvalue weighted by molar-refractivity contribution is 0.227. The number of sulfonamides is 1. The Kier molecular flexibility index (Phi) is 4.08. The van der Waals surface area contributed by atoms with Crippen LogP contribution in [0.4, 0.5) is 0 Å². The largest absolute Gasteiger partial charge is 0.328 e. The minimum atomic E-state index is -3.38. The average molecular weight is 308 g/mol. The van der Waals surface area contributed by atoms with Gasteiger partial charge in [0.25, 0.3) is 0 Å². The molecule has 0 radical (unpaired) electrons. The summed E-state index contributed by atoms with van der Waals surface area (Å²) in [5, 5.41) is 0. The van der Waals surface area contributed by atoms with Crippen molar-refractivity contribution in [3.8, 4) is 0 Å². The second kappa shape index (κ2) is 5.71. The Morgan fingerprint density at radius 2 is 1.71 bits per heavy atom. The molecule has 3 rings (SSSR count). The lowest BCUT2D eigenvalue weighted by Gasteiger charge is -2.36. The highest BCUT2D eigenvalue weighted by molar-refractivity contribution is 7.89. The van der Waals surface area contributed by atoms with E-state index in [0.717, 1.165) is 38.5 Å². The Morgan fingerprint density at radius 1 is 1.14 bits per heavy atom. The summed E-state index contributed by atoms with van der Waals surface area (Å²) in [6.45, 7) is 2.12. The quantitative estimate of drug-likeness (QED) is 0.928. The minimum Gasteiger partial charge on any atom is -0.328 e. The Balaban J connectivity index is 1.87. The number of nitrogens with two attached hydrogens (primary N) is 1. The monoisotopic (exact) mass is 308 g/mol. The molecule has 0 aliphatic carbocycles. The molecule has 2 atom stereocenters. The summed E-state index contributed by atoms with van der Waals surface area (Å²) in [7, 11) is -3.38. The maximum absolute atomic E-state index is 12.9. The standard InChI is InChI=1S/C16H24N2O2S/c1-2-3-12-4-8-16(9-5-12)21(19,20)18-14-6-7-15(18)11-13(17)10-14/h4-5,8-9,13-15H,2-3,6-7,10-11,17H2,1H3. The third-order valence-electron chi connectivity index (χ3n) is 4.74. The normalized spacial score (nSPS) is 29.7. The van der Waals surface area contributed by atoms with Crippen LogP contribution in [0.1, 0.15) is 44.6 Å². The van der Waals surface area contributed by atoms with E-state index in [2.05, 4.69) is 6.92 Å². The molecular formula is C16H24N2O2S. The fourth-order valence-corrected chi connectivity index (χ4v) is 5.70. The molecule has 2 N–H and O–H groups in total. The topological polar surface area (TPSA) is 63.4 Å². The van der Waals surface area contributed by atoms with Crippen molar-refractivity contribution in [1.29, 1.82) is 0 Å². The van der Waals surface area contributed by atoms with Crippen LogP contribution in [-0.4, -0.2) is 30.8 Å². The fraction of sp³-hybridized carbons (Fsp3) is 0.625. The zero-order valence-electron chi connectivity index (χ0n) is 12.5. The van der Waals surface area contributed by atoms with Gasteiger partial charge in [-0.15, -0.1) is 0 Å². The molecular weight excluding hydrogens is 284 g/mol. The van der Waals surface area contributed by atoms with E-state index >= 15 is 0 Å². The predicted molar refractivity (Wildman–Crippen MR) is 83.5 cm³/mol. The van der Waals surface area contributed by atoms with E-state index in [1.165, 1.54) is 5.56 Å². The van der Waals surface area contributed by atoms with E-state index in [1.54, 1.807) is 16.4 Å². The Morgan fingerprint density at radius 3 is 2.24 bits per heavy atom. The van der Waals surface area contributed by atoms with Crippen LogP contribution in [0.5, 0.6) is 0 Å². The molecule has 0 aromatic heterocycles. The summed E-state index contributed by atoms with van der Waals surface area (Å²) in [4.78, 5) is 0.426. The Labute approximate surface area is 127 Å². The van der Waals surface area contributed by atoms with E-state index in [1.807, 2.05) is 12.1 Å². The van der Waals surface area contributed by atoms with Gasteiger partial charge in [0.2, 0.25) is 10.0 Å². The third kappa shape index (κ3) is 2.74. The van der Waals surface area contributed by atoms with Gasteiger partial charge in [0.15, 0.2) is 0 Å². The van der Waals surface area contributed by atoms with Crippen LogP contribution in [0.25, 0.3) is 0 Å². The molecule has 0 saturated carbocycles. The van der Waals surface area contributed by atoms with Gasteiger partial charge in [0, 0.05) is 18.1 Å². The molecule has 5 heteroatoms. The van der Waals surface area contributed by atoms with Gasteiger partial charge < -0.3 is 5.73 Å². The van der Waals surface area contributed by atoms with E-state index in [4.69, 9.17) is 5.73 Å². The first-order valence-electron chi connectivity index (χ1n) is 7.90. The van der Waals surface area contributed by atoms with Gasteiger partial charge in [-0.3, -0.25) is 0 Å². The lowest BCUT2D eigenvalue weighted by Crippen LogP contribution is -2.49. The van der Waals surface area contributed by atoms with Crippen molar-refractivity contribution in [3.05, 3.63) is 29.8 Å². The van der Waals surface area contributed by atoms with Gasteiger partial charge in [-0.2, -0.15) is 4.31 Å². The van der Waals surface area contributed by atoms with Crippen molar-refractivity contribution < 1.29 is 8.42 Å². The predicted octanol–water partition coefficient (Wildman–Crippen LogP) is 2.28. The van der Waals surface area contributed by atoms with Crippen molar-refractivity contribution >= 4 is 10.0 Å². The van der Waals surface area contributed by atoms with Gasteiger partial charge in [-0.1, -0.05) is 25.5 Å². The molecule has 2 saturated heterocycles. The highest BCUT2D eigenvalue weighted by Crippen LogP contribution is 2.39. The number of fused-ring (bicyclic) bond motifs is 2. The van der Waals surface area contributed by atoms with Crippen LogP contribution < -0.4 is 5.73 Å². The number of aryl methyl sites for hydroxylation is 1. The maximum atomic E-state index is 12.9. The molecule has 2 heterocycles. The highest BCUT2D eigenvalue weighted by atomic mass is 32.2. The zero-order valence-corrected chi connectivity index (χ0v) is 13.3. The summed E-state index contributed by atoms with van der Waals surface area (Å²) >= 11 is 0. The van der Waals surface area contributed by atoms with Crippen molar-refractivity contribution in [2.75, 3.05) is 0 Å². The maximum Gasteiger partial charge on any atom is 0.243 e. The third-order valence-corrected chi connectivity index (χ3v) is 6.76. The number of rotatable bonds is 4. The highest BCUT2D eigenvalue weighted by Gasteiger charge is 2.46. The van der Waals surface area contributed by atoms with Gasteiger partial charge in [0.1, 0.15) is 0 Å². The van der Waals surface area contributed by atoms with Crippen LogP contribution in [-0.2, 0) is 16.4 Å². The SMILES string of the molecule is CCCc1ccc(S(=O)(=O)N2C3CCC2CC(N)C3)cc1. The van der Waals surface area contributed by atoms with Gasteiger partial charge >= 0.3 is 0 Å². The smallest absolute Gasteiger partial charge is 0.243 e. The molecule has 1 aromatic rings. The van der Waals surface area contributed by atoms with Gasteiger partial charge in [0.05, 0.1) is 4.90 Å². The fourth-order valence-electron chi connectivity index (χ4n) is 3.81. The number of hydrogen-bond acceptors (Lipinski definition) is 3. The first-order chi connectivity index (χ1) is 10.0. The lowest BCUT2D eigenvalue weighted by atomic mass is 10.0. The first kappa shape index (κ1) is 15.0. The molecule has 2 aliphatic rings. The molecule has 4 nitrogen and oxygen atoms in total. The van der Waals surface area contributed by atoms with E-state index < -0.39 is 10.0 Å². The van der Waals surface area contributed by atoms with Gasteiger partial charge in [-0.25, -0.2) is 8.42 Å². The molecule has 2 bridgehead atoms. The number of benzene rings is 1. The molecule has 0 spiro atoms. The van der Waals surface area contributed by atoms with E-state index in [0.29, 0.717) is 4.90 Å². The van der Waals surface area contributed by atoms with Crippen LogP contribution in [0.2, 0.25) is 0 Å². The van der Waals surface area contributed by atoms with Gasteiger partial charge in [-0.05, 0) is 49.8 Å². The number of piperidine rings is 1. The van der Waals surface area contributed by atoms with Crippen molar-refractivity contribution in [1.82, 2.24) is 4.31 Å². The van der Waals surface area contributed by atoms with E-state index in [9.17, 15) is 8.42 Å². The van der Waals surface area contributed by atoms with Crippen molar-refractivity contribution in [3.63, 3.8) is 0 Å². The molecule has 0 amide bonds. The molecule has 2 fully saturated rings. The number of nitrogens with zero attached hydrogens (tertiary/aromatic N) is 1. The molecule has 116 valence electrons. The van der Waals surface area contributed by atoms with Crippen molar-refractivity contribution in [2.24, 2.45) is 5.73 Å². The van der Waals surface area contributed by atoms with Crippen LogP contribution in [0, 0.1) is 0 Å². The molecule has 2 unspecified atom stereocenters. The Hall–Kier alpha value is -0.910. The summed E-state index contributed by atoms with van der Waals surface area (Å²) in [6, 6.07) is 7.74. The summed E-state index contributed by atoms with van der Waals surface area (Å²) in [5.41, 5.74) is 7.23. The van der Waals surface area contributed by atoms with Crippen LogP contribution in [0.15, 0.2) is 29.2 Å². The minimum absolute atomic E-state index is 0.0964. The number of hydrogen-bond donors (Lipinski definition) is 1. The van der Waals surface area contributed by atoms with Crippen LogP contribution >= 0.6 is 0 Å². The molecule has 2 aliphatic heterocycles. The first-order valence-corrected chi connectivity index (χ1v) is 9.34.